The van der Waals surface area contributed by atoms with Crippen molar-refractivity contribution >= 4 is 28.4 Å². The second-order valence-corrected chi connectivity index (χ2v) is 7.30. The first-order valence-corrected chi connectivity index (χ1v) is 6.74. The summed E-state index contributed by atoms with van der Waals surface area (Å²) in [5.74, 6) is 0. The van der Waals surface area contributed by atoms with Crippen LogP contribution in [-0.2, 0) is 11.4 Å². The lowest BCUT2D eigenvalue weighted by molar-refractivity contribution is 0.561. The minimum absolute atomic E-state index is 0.351. The van der Waals surface area contributed by atoms with E-state index in [0.29, 0.717) is 4.88 Å². The van der Waals surface area contributed by atoms with Crippen LogP contribution in [-0.4, -0.2) is 15.0 Å². The van der Waals surface area contributed by atoms with Crippen molar-refractivity contribution in [1.29, 1.82) is 5.26 Å². The first-order chi connectivity index (χ1) is 7.34. The van der Waals surface area contributed by atoms with E-state index in [2.05, 4.69) is 10.5 Å². The van der Waals surface area contributed by atoms with Crippen LogP contribution < -0.4 is 0 Å². The van der Waals surface area contributed by atoms with Crippen molar-refractivity contribution in [2.75, 3.05) is 0 Å². The predicted molar refractivity (Wildman–Crippen MR) is 69.1 cm³/mol. The molecule has 0 aromatic carbocycles. The fourth-order valence-electron chi connectivity index (χ4n) is 0.899. The van der Waals surface area contributed by atoms with Gasteiger partial charge in [-0.3, -0.25) is 0 Å². The Morgan fingerprint density at radius 3 is 2.56 bits per heavy atom. The van der Waals surface area contributed by atoms with Gasteiger partial charge in [0.05, 0.1) is 4.88 Å². The third-order valence-electron chi connectivity index (χ3n) is 1.82. The molecule has 0 amide bonds. The SMILES string of the molecule is CC(=N[S+]([O-])C(C)(C)C)c1ccc(C#N)s1. The highest BCUT2D eigenvalue weighted by atomic mass is 32.2. The van der Waals surface area contributed by atoms with E-state index in [1.54, 1.807) is 6.07 Å². The number of hydrogen-bond donors (Lipinski definition) is 0. The summed E-state index contributed by atoms with van der Waals surface area (Å²) in [7, 11) is 0. The summed E-state index contributed by atoms with van der Waals surface area (Å²) in [6.07, 6.45) is 0. The molecule has 0 aliphatic rings. The number of rotatable bonds is 2. The Labute approximate surface area is 103 Å². The van der Waals surface area contributed by atoms with Crippen LogP contribution in [0.4, 0.5) is 0 Å². The van der Waals surface area contributed by atoms with Gasteiger partial charge in [0, 0.05) is 0 Å². The molecule has 3 nitrogen and oxygen atoms in total. The number of hydrogen-bond acceptors (Lipinski definition) is 4. The van der Waals surface area contributed by atoms with Crippen molar-refractivity contribution in [3.63, 3.8) is 0 Å². The maximum atomic E-state index is 11.8. The highest BCUT2D eigenvalue weighted by Gasteiger charge is 2.26. The maximum absolute atomic E-state index is 11.8. The lowest BCUT2D eigenvalue weighted by Gasteiger charge is -2.18. The normalized spacial score (nSPS) is 14.6. The molecule has 0 N–H and O–H groups in total. The van der Waals surface area contributed by atoms with Gasteiger partial charge in [0.2, 0.25) is 0 Å². The fraction of sp³-hybridized carbons (Fsp3) is 0.455. The quantitative estimate of drug-likeness (QED) is 0.602. The molecule has 0 bridgehead atoms. The number of nitrogens with zero attached hydrogens (tertiary/aromatic N) is 2. The number of nitriles is 1. The Bertz CT molecular complexity index is 438. The van der Waals surface area contributed by atoms with Crippen LogP contribution in [0.3, 0.4) is 0 Å². The van der Waals surface area contributed by atoms with Crippen LogP contribution >= 0.6 is 11.3 Å². The van der Waals surface area contributed by atoms with Gasteiger partial charge in [0.1, 0.15) is 32.8 Å². The molecule has 0 spiro atoms. The Morgan fingerprint density at radius 2 is 2.12 bits per heavy atom. The Kier molecular flexibility index (Phi) is 4.14. The predicted octanol–water partition coefficient (Wildman–Crippen LogP) is 2.89. The van der Waals surface area contributed by atoms with Gasteiger partial charge < -0.3 is 4.55 Å². The molecule has 1 atom stereocenters. The van der Waals surface area contributed by atoms with Crippen molar-refractivity contribution in [3.8, 4) is 6.07 Å². The minimum Gasteiger partial charge on any atom is -0.591 e. The summed E-state index contributed by atoms with van der Waals surface area (Å²) in [6, 6.07) is 5.66. The molecule has 5 heteroatoms. The lowest BCUT2D eigenvalue weighted by Crippen LogP contribution is -2.26. The third kappa shape index (κ3) is 3.34. The van der Waals surface area contributed by atoms with Gasteiger partial charge in [-0.1, -0.05) is 4.40 Å². The van der Waals surface area contributed by atoms with Crippen molar-refractivity contribution < 1.29 is 4.55 Å². The van der Waals surface area contributed by atoms with Crippen LogP contribution in [0.2, 0.25) is 0 Å². The topological polar surface area (TPSA) is 59.2 Å². The van der Waals surface area contributed by atoms with Crippen LogP contribution in [0.15, 0.2) is 16.5 Å². The van der Waals surface area contributed by atoms with E-state index < -0.39 is 11.4 Å². The minimum atomic E-state index is -1.25. The fourth-order valence-corrected chi connectivity index (χ4v) is 2.33. The van der Waals surface area contributed by atoms with Crippen LogP contribution in [0.1, 0.15) is 37.4 Å². The van der Waals surface area contributed by atoms with Gasteiger partial charge in [-0.25, -0.2) is 0 Å². The molecular weight excluding hydrogens is 240 g/mol. The highest BCUT2D eigenvalue weighted by molar-refractivity contribution is 7.91. The standard InChI is InChI=1S/C11H14N2OS2/c1-8(13-16(14)11(2,3)4)10-6-5-9(7-12)15-10/h5-6H,1-4H3. The molecule has 1 rings (SSSR count). The summed E-state index contributed by atoms with van der Waals surface area (Å²) in [5, 5.41) is 8.70. The van der Waals surface area contributed by atoms with Crippen molar-refractivity contribution in [2.24, 2.45) is 4.40 Å². The van der Waals surface area contributed by atoms with Crippen molar-refractivity contribution in [1.82, 2.24) is 0 Å². The largest absolute Gasteiger partial charge is 0.591 e. The summed E-state index contributed by atoms with van der Waals surface area (Å²) in [5.41, 5.74) is 0.722. The van der Waals surface area contributed by atoms with Crippen LogP contribution in [0, 0.1) is 11.3 Å². The molecule has 1 aromatic rings. The average molecular weight is 254 g/mol. The van der Waals surface area contributed by atoms with E-state index in [9.17, 15) is 4.55 Å². The molecular formula is C11H14N2OS2. The maximum Gasteiger partial charge on any atom is 0.144 e. The second-order valence-electron chi connectivity index (χ2n) is 4.31. The Balaban J connectivity index is 2.90. The molecule has 0 saturated heterocycles. The van der Waals surface area contributed by atoms with E-state index in [0.717, 1.165) is 10.6 Å². The lowest BCUT2D eigenvalue weighted by atomic mass is 10.3. The van der Waals surface area contributed by atoms with E-state index >= 15 is 0 Å². The van der Waals surface area contributed by atoms with Crippen LogP contribution in [0.25, 0.3) is 0 Å². The molecule has 16 heavy (non-hydrogen) atoms. The zero-order chi connectivity index (χ0) is 12.3. The molecule has 1 aromatic heterocycles. The summed E-state index contributed by atoms with van der Waals surface area (Å²) >= 11 is 0.118. The second kappa shape index (κ2) is 5.00. The van der Waals surface area contributed by atoms with E-state index in [1.807, 2.05) is 33.8 Å². The molecule has 0 fully saturated rings. The van der Waals surface area contributed by atoms with E-state index in [4.69, 9.17) is 5.26 Å². The van der Waals surface area contributed by atoms with E-state index in [1.165, 1.54) is 11.3 Å². The first-order valence-electron chi connectivity index (χ1n) is 4.82. The molecule has 86 valence electrons. The van der Waals surface area contributed by atoms with E-state index in [-0.39, 0.29) is 4.75 Å². The van der Waals surface area contributed by atoms with Crippen LogP contribution in [0.5, 0.6) is 0 Å². The van der Waals surface area contributed by atoms with Crippen molar-refractivity contribution in [3.05, 3.63) is 21.9 Å². The zero-order valence-corrected chi connectivity index (χ0v) is 11.4. The molecule has 0 aliphatic heterocycles. The van der Waals surface area contributed by atoms with Gasteiger partial charge in [-0.2, -0.15) is 5.26 Å². The van der Waals surface area contributed by atoms with Gasteiger partial charge in [0.25, 0.3) is 0 Å². The first kappa shape index (κ1) is 13.2. The smallest absolute Gasteiger partial charge is 0.144 e. The average Bonchev–Trinajstić information content (AvgIpc) is 2.64. The van der Waals surface area contributed by atoms with Gasteiger partial charge in [-0.05, 0) is 39.8 Å². The van der Waals surface area contributed by atoms with Gasteiger partial charge in [0.15, 0.2) is 0 Å². The Morgan fingerprint density at radius 1 is 1.50 bits per heavy atom. The third-order valence-corrected chi connectivity index (χ3v) is 4.40. The summed E-state index contributed by atoms with van der Waals surface area (Å²) < 4.78 is 15.6. The molecule has 0 aliphatic carbocycles. The Hall–Kier alpha value is -0.830. The molecule has 1 unspecified atom stereocenters. The monoisotopic (exact) mass is 254 g/mol. The number of thiophene rings is 1. The highest BCUT2D eigenvalue weighted by Crippen LogP contribution is 2.21. The van der Waals surface area contributed by atoms with Crippen molar-refractivity contribution in [2.45, 2.75) is 32.4 Å². The van der Waals surface area contributed by atoms with Gasteiger partial charge in [-0.15, -0.1) is 11.3 Å². The zero-order valence-electron chi connectivity index (χ0n) is 9.77. The van der Waals surface area contributed by atoms with Gasteiger partial charge >= 0.3 is 0 Å². The molecule has 0 saturated carbocycles. The molecule has 0 radical (unpaired) electrons. The summed E-state index contributed by atoms with van der Waals surface area (Å²) in [6.45, 7) is 7.47. The summed E-state index contributed by atoms with van der Waals surface area (Å²) in [4.78, 5) is 1.54. The molecule has 1 heterocycles.